The van der Waals surface area contributed by atoms with Crippen LogP contribution in [0.1, 0.15) is 52.4 Å². The molecule has 2 rings (SSSR count). The third-order valence-electron chi connectivity index (χ3n) is 4.64. The van der Waals surface area contributed by atoms with Crippen molar-refractivity contribution >= 4 is 16.6 Å². The van der Waals surface area contributed by atoms with Crippen LogP contribution in [0.15, 0.2) is 23.0 Å². The summed E-state index contributed by atoms with van der Waals surface area (Å²) in [6.07, 6.45) is 6.76. The number of rotatable bonds is 11. The van der Waals surface area contributed by atoms with Crippen LogP contribution in [0.4, 0.5) is 5.69 Å². The van der Waals surface area contributed by atoms with Crippen molar-refractivity contribution in [2.45, 2.75) is 58.9 Å². The van der Waals surface area contributed by atoms with Gasteiger partial charge >= 0.3 is 0 Å². The van der Waals surface area contributed by atoms with Gasteiger partial charge in [0.15, 0.2) is 5.75 Å². The van der Waals surface area contributed by atoms with Crippen molar-refractivity contribution < 1.29 is 14.4 Å². The number of fused-ring (bicyclic) bond motifs is 1. The van der Waals surface area contributed by atoms with E-state index in [9.17, 15) is 14.9 Å². The fourth-order valence-corrected chi connectivity index (χ4v) is 3.20. The Balaban J connectivity index is 2.30. The lowest BCUT2D eigenvalue weighted by molar-refractivity contribution is -0.384. The summed E-state index contributed by atoms with van der Waals surface area (Å²) in [5.74, 6) is 0.509. The number of nitrogens with zero attached hydrogens (tertiary/aromatic N) is 2. The van der Waals surface area contributed by atoms with E-state index in [4.69, 9.17) is 9.47 Å². The predicted octanol–water partition coefficient (Wildman–Crippen LogP) is 4.68. The van der Waals surface area contributed by atoms with Gasteiger partial charge in [0.2, 0.25) is 5.75 Å². The highest BCUT2D eigenvalue weighted by molar-refractivity contribution is 5.89. The van der Waals surface area contributed by atoms with Crippen molar-refractivity contribution in [1.82, 2.24) is 4.57 Å². The molecule has 2 aromatic rings. The van der Waals surface area contributed by atoms with Crippen molar-refractivity contribution in [3.8, 4) is 11.5 Å². The second-order valence-electron chi connectivity index (χ2n) is 6.49. The Morgan fingerprint density at radius 1 is 1.07 bits per heavy atom. The van der Waals surface area contributed by atoms with Gasteiger partial charge in [-0.05, 0) is 19.4 Å². The first-order chi connectivity index (χ1) is 13.0. The number of pyridine rings is 1. The van der Waals surface area contributed by atoms with E-state index in [1.54, 1.807) is 6.07 Å². The average Bonchev–Trinajstić information content (AvgIpc) is 2.67. The molecule has 0 unspecified atom stereocenters. The second kappa shape index (κ2) is 9.94. The molecule has 148 valence electrons. The third kappa shape index (κ3) is 4.78. The molecule has 0 amide bonds. The SMILES string of the molecule is CCCCCCCCOc1c(OC)c2ccc([N+](=O)[O-])cc2n(CC)c1=O. The number of nitro benzene ring substituents is 1. The third-order valence-corrected chi connectivity index (χ3v) is 4.64. The minimum absolute atomic E-state index is 0.0631. The Bertz CT molecular complexity index is 844. The van der Waals surface area contributed by atoms with E-state index < -0.39 is 4.92 Å². The zero-order chi connectivity index (χ0) is 19.8. The molecule has 1 aromatic carbocycles. The normalized spacial score (nSPS) is 10.9. The molecule has 1 heterocycles. The molecule has 1 aromatic heterocycles. The molecule has 7 heteroatoms. The molecule has 0 saturated carbocycles. The van der Waals surface area contributed by atoms with Crippen LogP contribution in [0.5, 0.6) is 11.5 Å². The van der Waals surface area contributed by atoms with Crippen LogP contribution in [0.25, 0.3) is 10.9 Å². The summed E-state index contributed by atoms with van der Waals surface area (Å²) in [6.45, 7) is 4.83. The fraction of sp³-hybridized carbons (Fsp3) is 0.550. The first kappa shape index (κ1) is 20.7. The Hall–Kier alpha value is -2.57. The van der Waals surface area contributed by atoms with E-state index in [2.05, 4.69) is 6.92 Å². The molecule has 0 bridgehead atoms. The molecule has 27 heavy (non-hydrogen) atoms. The van der Waals surface area contributed by atoms with Gasteiger partial charge in [-0.25, -0.2) is 0 Å². The maximum Gasteiger partial charge on any atom is 0.297 e. The molecule has 0 spiro atoms. The summed E-state index contributed by atoms with van der Waals surface area (Å²) < 4.78 is 12.7. The van der Waals surface area contributed by atoms with Crippen molar-refractivity contribution in [1.29, 1.82) is 0 Å². The van der Waals surface area contributed by atoms with Gasteiger partial charge in [-0.1, -0.05) is 39.0 Å². The Morgan fingerprint density at radius 2 is 1.78 bits per heavy atom. The number of nitro groups is 1. The number of methoxy groups -OCH3 is 1. The number of hydrogen-bond acceptors (Lipinski definition) is 5. The highest BCUT2D eigenvalue weighted by Crippen LogP contribution is 2.34. The first-order valence-corrected chi connectivity index (χ1v) is 9.56. The van der Waals surface area contributed by atoms with Crippen LogP contribution in [-0.2, 0) is 6.54 Å². The van der Waals surface area contributed by atoms with Crippen LogP contribution < -0.4 is 15.0 Å². The number of aryl methyl sites for hydroxylation is 1. The number of ether oxygens (including phenoxy) is 2. The van der Waals surface area contributed by atoms with E-state index in [0.29, 0.717) is 29.8 Å². The Kier molecular flexibility index (Phi) is 7.64. The Labute approximate surface area is 159 Å². The van der Waals surface area contributed by atoms with Gasteiger partial charge in [-0.15, -0.1) is 0 Å². The molecule has 0 aliphatic rings. The maximum atomic E-state index is 12.9. The van der Waals surface area contributed by atoms with Crippen LogP contribution in [0.2, 0.25) is 0 Å². The Morgan fingerprint density at radius 3 is 2.41 bits per heavy atom. The van der Waals surface area contributed by atoms with Gasteiger partial charge in [0.05, 0.1) is 24.2 Å². The van der Waals surface area contributed by atoms with Crippen LogP contribution in [0, 0.1) is 10.1 Å². The molecule has 0 N–H and O–H groups in total. The summed E-state index contributed by atoms with van der Waals surface area (Å²) in [5, 5.41) is 11.7. The van der Waals surface area contributed by atoms with Gasteiger partial charge in [-0.3, -0.25) is 14.9 Å². The van der Waals surface area contributed by atoms with Crippen molar-refractivity contribution in [2.75, 3.05) is 13.7 Å². The maximum absolute atomic E-state index is 12.9. The predicted molar refractivity (Wildman–Crippen MR) is 106 cm³/mol. The molecule has 0 saturated heterocycles. The number of unbranched alkanes of at least 4 members (excludes halogenated alkanes) is 5. The number of non-ortho nitro benzene ring substituents is 1. The zero-order valence-corrected chi connectivity index (χ0v) is 16.3. The topological polar surface area (TPSA) is 83.6 Å². The van der Waals surface area contributed by atoms with E-state index in [0.717, 1.165) is 19.3 Å². The van der Waals surface area contributed by atoms with Gasteiger partial charge < -0.3 is 14.0 Å². The van der Waals surface area contributed by atoms with Gasteiger partial charge in [-0.2, -0.15) is 0 Å². The summed E-state index contributed by atoms with van der Waals surface area (Å²) in [6, 6.07) is 4.42. The number of benzene rings is 1. The monoisotopic (exact) mass is 376 g/mol. The highest BCUT2D eigenvalue weighted by atomic mass is 16.6. The van der Waals surface area contributed by atoms with Crippen molar-refractivity contribution in [2.24, 2.45) is 0 Å². The van der Waals surface area contributed by atoms with Gasteiger partial charge in [0, 0.05) is 24.1 Å². The molecule has 0 aliphatic heterocycles. The zero-order valence-electron chi connectivity index (χ0n) is 16.3. The lowest BCUT2D eigenvalue weighted by Crippen LogP contribution is -2.23. The molecule has 7 nitrogen and oxygen atoms in total. The summed E-state index contributed by atoms with van der Waals surface area (Å²) in [5.41, 5.74) is 0.0840. The van der Waals surface area contributed by atoms with Crippen molar-refractivity contribution in [3.63, 3.8) is 0 Å². The fourth-order valence-electron chi connectivity index (χ4n) is 3.20. The molecule has 0 radical (unpaired) electrons. The molecular formula is C20H28N2O5. The van der Waals surface area contributed by atoms with Crippen LogP contribution in [0.3, 0.4) is 0 Å². The lowest BCUT2D eigenvalue weighted by atomic mass is 10.1. The molecule has 0 fully saturated rings. The summed E-state index contributed by atoms with van der Waals surface area (Å²) in [4.78, 5) is 23.5. The lowest BCUT2D eigenvalue weighted by Gasteiger charge is -2.16. The largest absolute Gasteiger partial charge is 0.492 e. The molecular weight excluding hydrogens is 348 g/mol. The quantitative estimate of drug-likeness (QED) is 0.323. The second-order valence-corrected chi connectivity index (χ2v) is 6.49. The molecule has 0 atom stereocenters. The minimum atomic E-state index is -0.473. The molecule has 0 aliphatic carbocycles. The minimum Gasteiger partial charge on any atom is -0.492 e. The van der Waals surface area contributed by atoms with E-state index in [-0.39, 0.29) is 17.0 Å². The van der Waals surface area contributed by atoms with E-state index in [1.807, 2.05) is 6.92 Å². The van der Waals surface area contributed by atoms with Gasteiger partial charge in [0.25, 0.3) is 11.2 Å². The van der Waals surface area contributed by atoms with Crippen LogP contribution >= 0.6 is 0 Å². The van der Waals surface area contributed by atoms with E-state index >= 15 is 0 Å². The van der Waals surface area contributed by atoms with Crippen molar-refractivity contribution in [3.05, 3.63) is 38.7 Å². The number of hydrogen-bond donors (Lipinski definition) is 0. The summed E-state index contributed by atoms with van der Waals surface area (Å²) in [7, 11) is 1.48. The standard InChI is InChI=1S/C20H28N2O5/c1-4-6-7-8-9-10-13-27-19-18(26-3)16-12-11-15(22(24)25)14-17(16)21(5-2)20(19)23/h11-12,14H,4-10,13H2,1-3H3. The van der Waals surface area contributed by atoms with Gasteiger partial charge in [0.1, 0.15) is 0 Å². The summed E-state index contributed by atoms with van der Waals surface area (Å²) >= 11 is 0. The van der Waals surface area contributed by atoms with E-state index in [1.165, 1.54) is 43.1 Å². The van der Waals surface area contributed by atoms with Crippen LogP contribution in [-0.4, -0.2) is 23.2 Å². The first-order valence-electron chi connectivity index (χ1n) is 9.56. The smallest absolute Gasteiger partial charge is 0.297 e. The highest BCUT2D eigenvalue weighted by Gasteiger charge is 2.20. The average molecular weight is 376 g/mol. The number of aromatic nitrogens is 1.